The number of nitriles is 1. The van der Waals surface area contributed by atoms with E-state index in [1.54, 1.807) is 0 Å². The summed E-state index contributed by atoms with van der Waals surface area (Å²) in [7, 11) is -2.41. The summed E-state index contributed by atoms with van der Waals surface area (Å²) < 4.78 is 53.8. The minimum atomic E-state index is -3.71. The molecule has 0 bridgehead atoms. The summed E-state index contributed by atoms with van der Waals surface area (Å²) in [5.74, 6) is 0.616. The van der Waals surface area contributed by atoms with Crippen LogP contribution in [0, 0.1) is 11.3 Å². The number of carbonyl (C=O) groups is 1. The fourth-order valence-electron chi connectivity index (χ4n) is 4.68. The largest absolute Gasteiger partial charge is 0.491 e. The van der Waals surface area contributed by atoms with Gasteiger partial charge in [0.05, 0.1) is 17.2 Å². The van der Waals surface area contributed by atoms with Crippen LogP contribution >= 0.6 is 11.6 Å². The molecule has 0 fully saturated rings. The SMILES string of the molecule is CNS(=O)(=O)c1ncc(COc2ccc(C(C)(C)c3cc(Cl)c(OCCCCCOCCCOCC(=O)OC(C)(C)C)c(C#N)c3)cc2)cn1. The van der Waals surface area contributed by atoms with Crippen LogP contribution in [-0.4, -0.2) is 70.0 Å². The number of esters is 1. The van der Waals surface area contributed by atoms with Crippen molar-refractivity contribution < 1.29 is 36.9 Å². The number of sulfonamides is 1. The summed E-state index contributed by atoms with van der Waals surface area (Å²) in [6, 6.07) is 13.5. The molecule has 3 rings (SSSR count). The summed E-state index contributed by atoms with van der Waals surface area (Å²) in [6.07, 6.45) is 6.04. The second kappa shape index (κ2) is 19.0. The van der Waals surface area contributed by atoms with E-state index < -0.39 is 21.0 Å². The summed E-state index contributed by atoms with van der Waals surface area (Å²) >= 11 is 6.65. The maximum Gasteiger partial charge on any atom is 0.332 e. The third-order valence-corrected chi connectivity index (χ3v) is 8.96. The molecule has 0 saturated heterocycles. The van der Waals surface area contributed by atoms with E-state index in [4.69, 9.17) is 35.3 Å². The number of nitrogens with one attached hydrogen (secondary N) is 1. The highest BCUT2D eigenvalue weighted by Gasteiger charge is 2.26. The number of hydrogen-bond acceptors (Lipinski definition) is 11. The Balaban J connectivity index is 1.42. The van der Waals surface area contributed by atoms with Gasteiger partial charge in [0, 0.05) is 43.2 Å². The zero-order chi connectivity index (χ0) is 36.8. The molecule has 0 spiro atoms. The molecule has 0 amide bonds. The first-order valence-electron chi connectivity index (χ1n) is 16.4. The Morgan fingerprint density at radius 1 is 0.880 bits per heavy atom. The lowest BCUT2D eigenvalue weighted by atomic mass is 9.77. The third-order valence-electron chi connectivity index (χ3n) is 7.45. The first-order valence-corrected chi connectivity index (χ1v) is 18.2. The quantitative estimate of drug-likeness (QED) is 0.0810. The van der Waals surface area contributed by atoms with Crippen LogP contribution in [0.4, 0.5) is 0 Å². The van der Waals surface area contributed by atoms with Crippen molar-refractivity contribution >= 4 is 27.6 Å². The summed E-state index contributed by atoms with van der Waals surface area (Å²) in [5, 5.41) is 9.99. The number of ether oxygens (including phenoxy) is 5. The Bertz CT molecular complexity index is 1690. The van der Waals surface area contributed by atoms with Crippen molar-refractivity contribution in [1.82, 2.24) is 14.7 Å². The van der Waals surface area contributed by atoms with E-state index in [0.29, 0.717) is 60.5 Å². The molecule has 14 heteroatoms. The van der Waals surface area contributed by atoms with E-state index in [-0.39, 0.29) is 24.3 Å². The lowest BCUT2D eigenvalue weighted by Crippen LogP contribution is -2.26. The predicted octanol–water partition coefficient (Wildman–Crippen LogP) is 6.13. The molecular formula is C36H47ClN4O8S. The molecule has 0 aliphatic carbocycles. The van der Waals surface area contributed by atoms with Gasteiger partial charge in [-0.05, 0) is 88.9 Å². The van der Waals surface area contributed by atoms with Gasteiger partial charge in [0.15, 0.2) is 5.75 Å². The molecule has 1 aromatic heterocycles. The summed E-state index contributed by atoms with van der Waals surface area (Å²) in [4.78, 5) is 19.4. The van der Waals surface area contributed by atoms with Crippen molar-refractivity contribution in [1.29, 1.82) is 5.26 Å². The maximum atomic E-state index is 11.8. The highest BCUT2D eigenvalue weighted by atomic mass is 35.5. The Morgan fingerprint density at radius 2 is 1.52 bits per heavy atom. The molecule has 0 aliphatic rings. The average Bonchev–Trinajstić information content (AvgIpc) is 3.07. The first-order chi connectivity index (χ1) is 23.7. The van der Waals surface area contributed by atoms with Crippen molar-refractivity contribution in [3.8, 4) is 17.6 Å². The van der Waals surface area contributed by atoms with Crippen LogP contribution in [0.2, 0.25) is 5.02 Å². The first kappa shape index (κ1) is 40.6. The molecule has 2 aromatic carbocycles. The van der Waals surface area contributed by atoms with Gasteiger partial charge in [-0.2, -0.15) is 5.26 Å². The van der Waals surface area contributed by atoms with Gasteiger partial charge in [-0.15, -0.1) is 0 Å². The van der Waals surface area contributed by atoms with Crippen molar-refractivity contribution in [3.05, 3.63) is 76.1 Å². The van der Waals surface area contributed by atoms with Crippen molar-refractivity contribution in [2.75, 3.05) is 40.1 Å². The number of aromatic nitrogens is 2. The topological polar surface area (TPSA) is 159 Å². The van der Waals surface area contributed by atoms with Gasteiger partial charge in [-0.25, -0.2) is 27.9 Å². The predicted molar refractivity (Wildman–Crippen MR) is 189 cm³/mol. The van der Waals surface area contributed by atoms with E-state index >= 15 is 0 Å². The molecule has 272 valence electrons. The number of carbonyl (C=O) groups excluding carboxylic acids is 1. The van der Waals surface area contributed by atoms with E-state index in [1.165, 1.54) is 19.4 Å². The van der Waals surface area contributed by atoms with Crippen LogP contribution in [0.5, 0.6) is 11.5 Å². The smallest absolute Gasteiger partial charge is 0.332 e. The van der Waals surface area contributed by atoms with E-state index in [0.717, 1.165) is 30.4 Å². The molecule has 1 heterocycles. The molecular weight excluding hydrogens is 684 g/mol. The minimum absolute atomic E-state index is 0.0634. The number of rotatable bonds is 20. The second-order valence-corrected chi connectivity index (χ2v) is 15.2. The molecule has 0 unspecified atom stereocenters. The van der Waals surface area contributed by atoms with Gasteiger partial charge in [-0.1, -0.05) is 37.6 Å². The van der Waals surface area contributed by atoms with Crippen LogP contribution in [0.1, 0.15) is 82.6 Å². The average molecular weight is 731 g/mol. The lowest BCUT2D eigenvalue weighted by molar-refractivity contribution is -0.160. The highest BCUT2D eigenvalue weighted by molar-refractivity contribution is 7.89. The second-order valence-electron chi connectivity index (χ2n) is 13.0. The zero-order valence-corrected chi connectivity index (χ0v) is 31.2. The van der Waals surface area contributed by atoms with E-state index in [1.807, 2.05) is 71.0 Å². The molecule has 0 saturated carbocycles. The van der Waals surface area contributed by atoms with Crippen LogP contribution in [0.3, 0.4) is 0 Å². The van der Waals surface area contributed by atoms with Gasteiger partial charge in [0.25, 0.3) is 15.2 Å². The Kier molecular flexibility index (Phi) is 15.4. The van der Waals surface area contributed by atoms with Crippen molar-refractivity contribution in [2.45, 2.75) is 83.1 Å². The molecule has 50 heavy (non-hydrogen) atoms. The Hall–Kier alpha value is -3.80. The van der Waals surface area contributed by atoms with Crippen LogP contribution < -0.4 is 14.2 Å². The zero-order valence-electron chi connectivity index (χ0n) is 29.6. The van der Waals surface area contributed by atoms with E-state index in [9.17, 15) is 18.5 Å². The van der Waals surface area contributed by atoms with Gasteiger partial charge < -0.3 is 23.7 Å². The number of nitrogens with zero attached hydrogens (tertiary/aromatic N) is 3. The molecule has 3 aromatic rings. The summed E-state index contributed by atoms with van der Waals surface area (Å²) in [5.41, 5.74) is 1.83. The lowest BCUT2D eigenvalue weighted by Gasteiger charge is -2.27. The molecule has 0 aliphatic heterocycles. The fraction of sp³-hybridized carbons (Fsp3) is 0.500. The van der Waals surface area contributed by atoms with Crippen LogP contribution in [-0.2, 0) is 41.1 Å². The summed E-state index contributed by atoms with van der Waals surface area (Å²) in [6.45, 7) is 11.7. The molecule has 12 nitrogen and oxygen atoms in total. The van der Waals surface area contributed by atoms with Crippen molar-refractivity contribution in [3.63, 3.8) is 0 Å². The Morgan fingerprint density at radius 3 is 2.16 bits per heavy atom. The number of benzene rings is 2. The normalized spacial score (nSPS) is 12.0. The number of halogens is 1. The number of unbranched alkanes of at least 4 members (excludes halogenated alkanes) is 2. The number of hydrogen-bond donors (Lipinski definition) is 1. The standard InChI is InChI=1S/C36H47ClN4O8S/c1-35(2,3)49-32(42)25-46-17-10-16-45-15-8-7-9-18-47-33-27(21-38)19-29(20-31(33)37)36(4,5)28-11-13-30(14-12-28)48-24-26-22-40-34(41-23-26)50(43,44)39-6/h11-14,19-20,22-23,39H,7-10,15-18,24-25H2,1-6H3. The van der Waals surface area contributed by atoms with Crippen molar-refractivity contribution in [2.24, 2.45) is 0 Å². The monoisotopic (exact) mass is 730 g/mol. The fourth-order valence-corrected chi connectivity index (χ4v) is 5.52. The van der Waals surface area contributed by atoms with Gasteiger partial charge in [0.1, 0.15) is 30.6 Å². The molecule has 0 atom stereocenters. The van der Waals surface area contributed by atoms with Gasteiger partial charge in [-0.3, -0.25) is 0 Å². The maximum absolute atomic E-state index is 11.8. The minimum Gasteiger partial charge on any atom is -0.491 e. The molecule has 0 radical (unpaired) electrons. The third kappa shape index (κ3) is 12.8. The van der Waals surface area contributed by atoms with E-state index in [2.05, 4.69) is 20.8 Å². The Labute approximate surface area is 300 Å². The molecule has 1 N–H and O–H groups in total. The van der Waals surface area contributed by atoms with Crippen LogP contribution in [0.25, 0.3) is 0 Å². The van der Waals surface area contributed by atoms with Gasteiger partial charge in [0.2, 0.25) is 0 Å². The van der Waals surface area contributed by atoms with Crippen LogP contribution in [0.15, 0.2) is 53.9 Å². The van der Waals surface area contributed by atoms with Gasteiger partial charge >= 0.3 is 5.97 Å². The highest BCUT2D eigenvalue weighted by Crippen LogP contribution is 2.38.